The molecule has 114 valence electrons. The van der Waals surface area contributed by atoms with Crippen molar-refractivity contribution in [1.82, 2.24) is 0 Å². The molecule has 0 N–H and O–H groups in total. The van der Waals surface area contributed by atoms with Crippen molar-refractivity contribution in [1.29, 1.82) is 0 Å². The molecule has 5 heterocycles. The van der Waals surface area contributed by atoms with Crippen LogP contribution in [0.1, 0.15) is 19.5 Å². The quantitative estimate of drug-likeness (QED) is 0.239. The van der Waals surface area contributed by atoms with E-state index in [4.69, 9.17) is 0 Å². The Bertz CT molecular complexity index is 1070. The van der Waals surface area contributed by atoms with Crippen LogP contribution in [0.2, 0.25) is 0 Å². The maximum absolute atomic E-state index is 2.28. The van der Waals surface area contributed by atoms with E-state index in [1.807, 2.05) is 45.3 Å². The Hall–Kier alpha value is -1.72. The number of hydrogen-bond donors (Lipinski definition) is 0. The van der Waals surface area contributed by atoms with Crippen LogP contribution in [0.4, 0.5) is 0 Å². The van der Waals surface area contributed by atoms with Gasteiger partial charge in [0.1, 0.15) is 0 Å². The van der Waals surface area contributed by atoms with Gasteiger partial charge >= 0.3 is 0 Å². The summed E-state index contributed by atoms with van der Waals surface area (Å²) in [5.74, 6) is 0. The van der Waals surface area contributed by atoms with Gasteiger partial charge in [0, 0.05) is 55.2 Å². The molecule has 0 atom stereocenters. The average molecular weight is 381 g/mol. The van der Waals surface area contributed by atoms with E-state index in [0.717, 1.165) is 0 Å². The topological polar surface area (TPSA) is 0 Å². The molecule has 3 aromatic rings. The first-order valence-corrected chi connectivity index (χ1v) is 10.9. The highest BCUT2D eigenvalue weighted by atomic mass is 32.1. The molecule has 2 aliphatic heterocycles. The summed E-state index contributed by atoms with van der Waals surface area (Å²) >= 11 is 7.38. The van der Waals surface area contributed by atoms with Crippen LogP contribution in [0, 0.1) is 0 Å². The fraction of sp³-hybridized carbons (Fsp3) is 0. The summed E-state index contributed by atoms with van der Waals surface area (Å²) in [4.78, 5) is 5.24. The van der Waals surface area contributed by atoms with Crippen LogP contribution < -0.4 is 0 Å². The molecule has 0 aromatic carbocycles. The molecule has 0 amide bonds. The molecule has 0 nitrogen and oxygen atoms in total. The molecule has 24 heavy (non-hydrogen) atoms. The summed E-state index contributed by atoms with van der Waals surface area (Å²) < 4.78 is 5.24. The highest BCUT2D eigenvalue weighted by molar-refractivity contribution is 7.25. The van der Waals surface area contributed by atoms with Crippen molar-refractivity contribution in [3.63, 3.8) is 0 Å². The lowest BCUT2D eigenvalue weighted by atomic mass is 10.3. The van der Waals surface area contributed by atoms with Crippen LogP contribution in [-0.2, 0) is 0 Å². The average Bonchev–Trinajstić information content (AvgIpc) is 3.32. The van der Waals surface area contributed by atoms with E-state index in [1.165, 1.54) is 38.3 Å². The van der Waals surface area contributed by atoms with E-state index in [1.54, 1.807) is 0 Å². The molecule has 4 heteroatoms. The van der Waals surface area contributed by atoms with Gasteiger partial charge in [0.25, 0.3) is 0 Å². The minimum absolute atomic E-state index is 1.31. The first kappa shape index (κ1) is 14.6. The molecule has 8 bridgehead atoms. The summed E-state index contributed by atoms with van der Waals surface area (Å²) in [6.07, 6.45) is 8.85. The van der Waals surface area contributed by atoms with Crippen LogP contribution in [0.15, 0.2) is 48.5 Å². The smallest absolute Gasteiger partial charge is 0.136 e. The lowest BCUT2D eigenvalue weighted by molar-refractivity contribution is 1.95. The SMILES string of the molecule is C1=Cc2cc3ccc(cc4ccc(cc5[s+]c(cc1[s+]2)C=C5)s4)s3. The lowest BCUT2D eigenvalue weighted by Gasteiger charge is -1.76. The molecular formula is C20H12S4+2. The zero-order valence-corrected chi connectivity index (χ0v) is 15.8. The van der Waals surface area contributed by atoms with Crippen molar-refractivity contribution in [3.8, 4) is 0 Å². The Morgan fingerprint density at radius 2 is 0.833 bits per heavy atom. The highest BCUT2D eigenvalue weighted by Crippen LogP contribution is 2.31. The largest absolute Gasteiger partial charge is 0.237 e. The molecule has 2 aliphatic rings. The fourth-order valence-electron chi connectivity index (χ4n) is 2.66. The van der Waals surface area contributed by atoms with E-state index in [-0.39, 0.29) is 0 Å². The molecular weight excluding hydrogens is 368 g/mol. The van der Waals surface area contributed by atoms with Gasteiger partial charge in [-0.15, -0.1) is 22.7 Å². The first-order valence-electron chi connectivity index (χ1n) is 7.59. The number of thiophene rings is 2. The number of hydrogen-bond acceptors (Lipinski definition) is 2. The van der Waals surface area contributed by atoms with E-state index in [0.29, 0.717) is 0 Å². The third-order valence-electron chi connectivity index (χ3n) is 3.73. The molecule has 0 radical (unpaired) electrons. The Kier molecular flexibility index (Phi) is 3.64. The molecule has 0 saturated carbocycles. The summed E-state index contributed by atoms with van der Waals surface area (Å²) in [5, 5.41) is 0. The Labute approximate surface area is 156 Å². The standard InChI is InChI=1S/C20H12S4/c1-2-14-10-16-5-6-18(23-16)12-20-8-7-19(24-20)11-17-4-3-15(22-17)9-13(1)21-14/h1-12H/q+2. The van der Waals surface area contributed by atoms with E-state index < -0.39 is 0 Å². The predicted molar refractivity (Wildman–Crippen MR) is 115 cm³/mol. The second-order valence-corrected chi connectivity index (χ2v) is 10.1. The van der Waals surface area contributed by atoms with Crippen molar-refractivity contribution in [2.75, 3.05) is 0 Å². The van der Waals surface area contributed by atoms with Crippen LogP contribution >= 0.6 is 45.3 Å². The summed E-state index contributed by atoms with van der Waals surface area (Å²) in [5.41, 5.74) is 0. The normalized spacial score (nSPS) is 12.7. The van der Waals surface area contributed by atoms with Gasteiger partial charge in [0.05, 0.1) is 6.07 Å². The number of rotatable bonds is 0. The highest BCUT2D eigenvalue weighted by Gasteiger charge is 2.17. The van der Waals surface area contributed by atoms with Gasteiger partial charge in [-0.05, 0) is 30.3 Å². The summed E-state index contributed by atoms with van der Waals surface area (Å²) in [7, 11) is 0. The Morgan fingerprint density at radius 1 is 0.458 bits per heavy atom. The summed E-state index contributed by atoms with van der Waals surface area (Å²) in [6.45, 7) is 0. The third-order valence-corrected chi connectivity index (χ3v) is 7.65. The van der Waals surface area contributed by atoms with Crippen molar-refractivity contribution < 1.29 is 0 Å². The van der Waals surface area contributed by atoms with Crippen molar-refractivity contribution >= 4 is 88.5 Å². The maximum Gasteiger partial charge on any atom is 0.237 e. The second kappa shape index (κ2) is 5.97. The van der Waals surface area contributed by atoms with E-state index in [2.05, 4.69) is 72.8 Å². The molecule has 0 unspecified atom stereocenters. The van der Waals surface area contributed by atoms with Crippen molar-refractivity contribution in [3.05, 3.63) is 68.0 Å². The fourth-order valence-corrected chi connectivity index (χ4v) is 6.62. The van der Waals surface area contributed by atoms with Gasteiger partial charge in [-0.2, -0.15) is 0 Å². The molecule has 0 fully saturated rings. The van der Waals surface area contributed by atoms with Gasteiger partial charge in [0.15, 0.2) is 0 Å². The zero-order chi connectivity index (χ0) is 15.9. The minimum atomic E-state index is 1.31. The van der Waals surface area contributed by atoms with Crippen LogP contribution in [0.3, 0.4) is 0 Å². The van der Waals surface area contributed by atoms with E-state index >= 15 is 0 Å². The minimum Gasteiger partial charge on any atom is -0.136 e. The van der Waals surface area contributed by atoms with Gasteiger partial charge in [-0.25, -0.2) is 0 Å². The van der Waals surface area contributed by atoms with E-state index in [9.17, 15) is 0 Å². The van der Waals surface area contributed by atoms with Crippen LogP contribution in [-0.4, -0.2) is 0 Å². The van der Waals surface area contributed by atoms with Gasteiger partial charge in [-0.3, -0.25) is 0 Å². The van der Waals surface area contributed by atoms with Crippen molar-refractivity contribution in [2.24, 2.45) is 0 Å². The van der Waals surface area contributed by atoms with Crippen LogP contribution in [0.25, 0.3) is 43.1 Å². The van der Waals surface area contributed by atoms with Gasteiger partial charge < -0.3 is 0 Å². The van der Waals surface area contributed by atoms with Gasteiger partial charge in [-0.1, -0.05) is 0 Å². The molecule has 0 saturated heterocycles. The first-order chi connectivity index (χ1) is 11.8. The second-order valence-electron chi connectivity index (χ2n) is 5.54. The third kappa shape index (κ3) is 2.98. The number of fused-ring (bicyclic) bond motifs is 8. The van der Waals surface area contributed by atoms with Crippen LogP contribution in [0.5, 0.6) is 0 Å². The Morgan fingerprint density at radius 3 is 1.29 bits per heavy atom. The summed E-state index contributed by atoms with van der Waals surface area (Å²) in [6, 6.07) is 18.0. The van der Waals surface area contributed by atoms with Crippen molar-refractivity contribution in [2.45, 2.75) is 0 Å². The monoisotopic (exact) mass is 380 g/mol. The molecule has 3 aromatic heterocycles. The van der Waals surface area contributed by atoms with Gasteiger partial charge in [0.2, 0.25) is 42.2 Å². The molecule has 0 aliphatic carbocycles. The zero-order valence-electron chi connectivity index (χ0n) is 12.6. The lowest BCUT2D eigenvalue weighted by Crippen LogP contribution is -1.58. The maximum atomic E-state index is 2.28. The predicted octanol–water partition coefficient (Wildman–Crippen LogP) is 8.02. The molecule has 5 rings (SSSR count). The Balaban J connectivity index is 1.85. The molecule has 0 spiro atoms.